The number of ether oxygens (including phenoxy) is 1. The summed E-state index contributed by atoms with van der Waals surface area (Å²) in [4.78, 5) is 12.7. The number of carbonyl (C=O) groups is 1. The highest BCUT2D eigenvalue weighted by atomic mass is 79.9. The second-order valence-electron chi connectivity index (χ2n) is 6.89. The molecule has 0 aliphatic rings. The third-order valence-electron chi connectivity index (χ3n) is 4.60. The topological polar surface area (TPSA) is 105 Å². The van der Waals surface area contributed by atoms with Crippen molar-refractivity contribution in [1.82, 2.24) is 4.57 Å². The molecule has 0 unspecified atom stereocenters. The number of hydrogen-bond donors (Lipinski definition) is 1. The zero-order valence-electron chi connectivity index (χ0n) is 16.5. The molecule has 0 saturated carbocycles. The quantitative estimate of drug-likeness (QED) is 0.551. The first-order chi connectivity index (χ1) is 14.4. The number of carbonyl (C=O) groups excluding carboxylic acids is 1. The summed E-state index contributed by atoms with van der Waals surface area (Å²) in [6.45, 7) is 1.77. The molecule has 3 aromatic rings. The lowest BCUT2D eigenvalue weighted by molar-refractivity contribution is 0.0901. The summed E-state index contributed by atoms with van der Waals surface area (Å²) >= 11 is 3.46. The zero-order chi connectivity index (χ0) is 21.8. The maximum absolute atomic E-state index is 12.7. The van der Waals surface area contributed by atoms with Crippen LogP contribution >= 0.6 is 15.9 Å². The predicted octanol–water partition coefficient (Wildman–Crippen LogP) is 4.73. The van der Waals surface area contributed by atoms with Crippen molar-refractivity contribution in [2.75, 3.05) is 7.11 Å². The Bertz CT molecular complexity index is 1240. The van der Waals surface area contributed by atoms with Crippen LogP contribution in [0.3, 0.4) is 0 Å². The monoisotopic (exact) mass is 462 g/mol. The number of aromatic nitrogens is 1. The molecule has 1 aromatic heterocycles. The van der Waals surface area contributed by atoms with Gasteiger partial charge in [0.25, 0.3) is 0 Å². The summed E-state index contributed by atoms with van der Waals surface area (Å²) in [5, 5.41) is 19.9. The molecule has 0 bridgehead atoms. The zero-order valence-corrected chi connectivity index (χ0v) is 18.1. The third kappa shape index (κ3) is 4.28. The van der Waals surface area contributed by atoms with Crippen molar-refractivity contribution < 1.29 is 9.53 Å². The van der Waals surface area contributed by atoms with E-state index in [0.717, 1.165) is 9.86 Å². The summed E-state index contributed by atoms with van der Waals surface area (Å²) in [7, 11) is 1.53. The van der Waals surface area contributed by atoms with Crippen LogP contribution in [0.4, 0.5) is 0 Å². The molecule has 7 heteroatoms. The summed E-state index contributed by atoms with van der Waals surface area (Å²) < 4.78 is 7.74. The Balaban J connectivity index is 2.23. The largest absolute Gasteiger partial charge is 0.496 e. The molecular formula is C23H19BrN4O2. The predicted molar refractivity (Wildman–Crippen MR) is 120 cm³/mol. The van der Waals surface area contributed by atoms with E-state index in [2.05, 4.69) is 28.1 Å². The summed E-state index contributed by atoms with van der Waals surface area (Å²) in [5.74, 6) is 0.393. The molecule has 1 atom stereocenters. The van der Waals surface area contributed by atoms with Crippen LogP contribution in [0.15, 0.2) is 47.1 Å². The van der Waals surface area contributed by atoms with Gasteiger partial charge in [0.1, 0.15) is 5.75 Å². The number of hydrogen-bond acceptors (Lipinski definition) is 5. The van der Waals surface area contributed by atoms with E-state index in [-0.39, 0.29) is 18.4 Å². The molecule has 6 nitrogen and oxygen atoms in total. The maximum Gasteiger partial charge on any atom is 0.232 e. The van der Waals surface area contributed by atoms with Crippen molar-refractivity contribution in [1.29, 1.82) is 10.5 Å². The van der Waals surface area contributed by atoms with E-state index >= 15 is 0 Å². The molecule has 0 spiro atoms. The van der Waals surface area contributed by atoms with Gasteiger partial charge >= 0.3 is 0 Å². The maximum atomic E-state index is 12.7. The molecule has 0 saturated heterocycles. The second kappa shape index (κ2) is 8.96. The highest BCUT2D eigenvalue weighted by molar-refractivity contribution is 9.10. The summed E-state index contributed by atoms with van der Waals surface area (Å²) in [6, 6.07) is 14.6. The van der Waals surface area contributed by atoms with Gasteiger partial charge in [-0.25, -0.2) is 0 Å². The first-order valence-electron chi connectivity index (χ1n) is 9.17. The number of nitrogens with zero attached hydrogens (tertiary/aromatic N) is 3. The van der Waals surface area contributed by atoms with Crippen LogP contribution in [-0.4, -0.2) is 23.6 Å². The van der Waals surface area contributed by atoms with Crippen LogP contribution in [-0.2, 0) is 0 Å². The SMILES string of the molecule is COc1ccc(C#N)cc1/C=C(\C#N)c1cn(C(=O)C[C@H](C)N)c2ccc(Br)cc12. The van der Waals surface area contributed by atoms with E-state index in [0.29, 0.717) is 33.5 Å². The lowest BCUT2D eigenvalue weighted by Crippen LogP contribution is -2.22. The molecule has 150 valence electrons. The number of methoxy groups -OCH3 is 1. The highest BCUT2D eigenvalue weighted by Gasteiger charge is 2.18. The van der Waals surface area contributed by atoms with Gasteiger partial charge in [0.2, 0.25) is 5.91 Å². The Morgan fingerprint density at radius 1 is 1.30 bits per heavy atom. The van der Waals surface area contributed by atoms with Gasteiger partial charge in [0, 0.05) is 39.6 Å². The second-order valence-corrected chi connectivity index (χ2v) is 7.80. The average molecular weight is 463 g/mol. The van der Waals surface area contributed by atoms with E-state index < -0.39 is 0 Å². The Kier molecular flexibility index (Phi) is 6.37. The molecular weight excluding hydrogens is 444 g/mol. The number of benzene rings is 2. The number of nitrogens with two attached hydrogens (primary N) is 1. The Hall–Kier alpha value is -3.39. The van der Waals surface area contributed by atoms with Gasteiger partial charge in [0.15, 0.2) is 0 Å². The minimum absolute atomic E-state index is 0.148. The molecule has 0 aliphatic heterocycles. The smallest absolute Gasteiger partial charge is 0.232 e. The van der Waals surface area contributed by atoms with Gasteiger partial charge < -0.3 is 10.5 Å². The van der Waals surface area contributed by atoms with Crippen molar-refractivity contribution in [2.45, 2.75) is 19.4 Å². The van der Waals surface area contributed by atoms with Crippen LogP contribution in [0, 0.1) is 22.7 Å². The van der Waals surface area contributed by atoms with Gasteiger partial charge in [-0.1, -0.05) is 15.9 Å². The lowest BCUT2D eigenvalue weighted by Gasteiger charge is -2.06. The minimum Gasteiger partial charge on any atom is -0.496 e. The fourth-order valence-electron chi connectivity index (χ4n) is 3.24. The normalized spacial score (nSPS) is 12.3. The molecule has 2 N–H and O–H groups in total. The molecule has 3 rings (SSSR count). The fraction of sp³-hybridized carbons (Fsp3) is 0.174. The highest BCUT2D eigenvalue weighted by Crippen LogP contribution is 2.32. The van der Waals surface area contributed by atoms with E-state index in [4.69, 9.17) is 10.5 Å². The Labute approximate surface area is 182 Å². The third-order valence-corrected chi connectivity index (χ3v) is 5.09. The first-order valence-corrected chi connectivity index (χ1v) is 9.97. The van der Waals surface area contributed by atoms with Crippen LogP contribution in [0.2, 0.25) is 0 Å². The number of fused-ring (bicyclic) bond motifs is 1. The fourth-order valence-corrected chi connectivity index (χ4v) is 3.60. The molecule has 0 amide bonds. The van der Waals surface area contributed by atoms with Gasteiger partial charge in [-0.3, -0.25) is 9.36 Å². The number of allylic oxidation sites excluding steroid dienone is 1. The van der Waals surface area contributed by atoms with Crippen molar-refractivity contribution in [3.63, 3.8) is 0 Å². The standard InChI is InChI=1S/C23H19BrN4O2/c1-14(27)7-23(29)28-13-20(19-10-18(24)4-5-21(19)28)17(12-26)9-16-8-15(11-25)3-6-22(16)30-2/h3-6,8-10,13-14H,7,27H2,1-2H3/b17-9+/t14-/m0/s1. The van der Waals surface area contributed by atoms with Gasteiger partial charge in [0.05, 0.1) is 35.9 Å². The number of rotatable bonds is 5. The Morgan fingerprint density at radius 2 is 2.07 bits per heavy atom. The summed E-state index contributed by atoms with van der Waals surface area (Å²) in [6.07, 6.45) is 3.51. The molecule has 0 fully saturated rings. The van der Waals surface area contributed by atoms with Gasteiger partial charge in [-0.05, 0) is 49.4 Å². The molecule has 1 heterocycles. The molecule has 2 aromatic carbocycles. The average Bonchev–Trinajstić information content (AvgIpc) is 3.09. The lowest BCUT2D eigenvalue weighted by atomic mass is 10.0. The minimum atomic E-state index is -0.280. The van der Waals surface area contributed by atoms with E-state index in [9.17, 15) is 15.3 Å². The van der Waals surface area contributed by atoms with E-state index in [1.54, 1.807) is 37.4 Å². The van der Waals surface area contributed by atoms with Gasteiger partial charge in [-0.15, -0.1) is 0 Å². The molecule has 0 radical (unpaired) electrons. The van der Waals surface area contributed by atoms with Crippen LogP contribution in [0.5, 0.6) is 5.75 Å². The van der Waals surface area contributed by atoms with Gasteiger partial charge in [-0.2, -0.15) is 10.5 Å². The Morgan fingerprint density at radius 3 is 2.70 bits per heavy atom. The van der Waals surface area contributed by atoms with E-state index in [1.807, 2.05) is 18.2 Å². The number of halogens is 1. The summed E-state index contributed by atoms with van der Waals surface area (Å²) in [5.41, 5.74) is 8.51. The molecule has 0 aliphatic carbocycles. The molecule has 30 heavy (non-hydrogen) atoms. The van der Waals surface area contributed by atoms with Crippen molar-refractivity contribution >= 4 is 44.4 Å². The van der Waals surface area contributed by atoms with Crippen LogP contribution in [0.25, 0.3) is 22.6 Å². The van der Waals surface area contributed by atoms with Crippen LogP contribution < -0.4 is 10.5 Å². The number of nitriles is 2. The van der Waals surface area contributed by atoms with Crippen molar-refractivity contribution in [3.05, 3.63) is 63.8 Å². The van der Waals surface area contributed by atoms with Crippen molar-refractivity contribution in [2.24, 2.45) is 5.73 Å². The first kappa shape index (κ1) is 21.3. The van der Waals surface area contributed by atoms with Crippen molar-refractivity contribution in [3.8, 4) is 17.9 Å². The van der Waals surface area contributed by atoms with E-state index in [1.165, 1.54) is 11.7 Å². The van der Waals surface area contributed by atoms with Crippen LogP contribution in [0.1, 0.15) is 34.8 Å².